The van der Waals surface area contributed by atoms with Crippen LogP contribution in [0.5, 0.6) is 5.75 Å². The van der Waals surface area contributed by atoms with E-state index in [1.807, 2.05) is 24.3 Å². The van der Waals surface area contributed by atoms with Crippen molar-refractivity contribution in [1.82, 2.24) is 15.2 Å². The zero-order chi connectivity index (χ0) is 28.4. The molecule has 3 unspecified atom stereocenters. The number of benzene rings is 2. The van der Waals surface area contributed by atoms with E-state index in [1.165, 1.54) is 24.1 Å². The molecule has 5 aliphatic heterocycles. The van der Waals surface area contributed by atoms with Crippen LogP contribution in [-0.2, 0) is 13.0 Å². The van der Waals surface area contributed by atoms with Crippen molar-refractivity contribution in [3.63, 3.8) is 0 Å². The summed E-state index contributed by atoms with van der Waals surface area (Å²) in [5.74, 6) is 10.1. The van der Waals surface area contributed by atoms with Gasteiger partial charge in [0.15, 0.2) is 0 Å². The van der Waals surface area contributed by atoms with Gasteiger partial charge in [-0.1, -0.05) is 24.0 Å². The van der Waals surface area contributed by atoms with Crippen LogP contribution in [0.3, 0.4) is 0 Å². The van der Waals surface area contributed by atoms with Crippen molar-refractivity contribution in [2.24, 2.45) is 0 Å². The van der Waals surface area contributed by atoms with Crippen molar-refractivity contribution in [2.75, 3.05) is 42.5 Å². The third kappa shape index (κ3) is 4.30. The molecular weight excluding hydrogens is 525 g/mol. The number of fused-ring (bicyclic) bond motifs is 5. The molecule has 0 saturated carbocycles. The molecule has 0 aliphatic carbocycles. The van der Waals surface area contributed by atoms with Crippen LogP contribution >= 0.6 is 0 Å². The molecule has 8 rings (SSSR count). The minimum atomic E-state index is -0.804. The summed E-state index contributed by atoms with van der Waals surface area (Å²) >= 11 is 0. The summed E-state index contributed by atoms with van der Waals surface area (Å²) in [5, 5.41) is 16.3. The van der Waals surface area contributed by atoms with Gasteiger partial charge in [-0.05, 0) is 68.2 Å². The van der Waals surface area contributed by atoms with E-state index in [0.717, 1.165) is 78.9 Å². The van der Waals surface area contributed by atoms with Crippen LogP contribution in [0.25, 0.3) is 10.8 Å². The van der Waals surface area contributed by atoms with Crippen molar-refractivity contribution in [3.8, 4) is 29.9 Å². The van der Waals surface area contributed by atoms with Crippen LogP contribution in [0.2, 0.25) is 0 Å². The highest BCUT2D eigenvalue weighted by Crippen LogP contribution is 2.41. The first-order valence-corrected chi connectivity index (χ1v) is 15.4. The van der Waals surface area contributed by atoms with Crippen molar-refractivity contribution >= 4 is 22.1 Å². The smallest absolute Gasteiger partial charge is 0.118 e. The summed E-state index contributed by atoms with van der Waals surface area (Å²) < 4.78 is 14.5. The van der Waals surface area contributed by atoms with Gasteiger partial charge in [0.25, 0.3) is 0 Å². The number of hydrogen-bond donors (Lipinski definition) is 2. The first-order chi connectivity index (χ1) is 20.5. The number of piperazine rings is 1. The van der Waals surface area contributed by atoms with Crippen molar-refractivity contribution < 1.29 is 9.50 Å². The Morgan fingerprint density at radius 1 is 1.05 bits per heavy atom. The molecule has 4 saturated heterocycles. The lowest BCUT2D eigenvalue weighted by Crippen LogP contribution is -2.51. The molecule has 3 aromatic rings. The van der Waals surface area contributed by atoms with E-state index in [4.69, 9.17) is 11.4 Å². The average Bonchev–Trinajstić information content (AvgIpc) is 3.64. The number of alkyl halides is 1. The third-order valence-electron chi connectivity index (χ3n) is 10.2. The lowest BCUT2D eigenvalue weighted by Gasteiger charge is -2.38. The molecule has 6 nitrogen and oxygen atoms in total. The van der Waals surface area contributed by atoms with Gasteiger partial charge in [-0.15, -0.1) is 6.42 Å². The van der Waals surface area contributed by atoms with E-state index < -0.39 is 6.17 Å². The van der Waals surface area contributed by atoms with Crippen LogP contribution in [0.4, 0.5) is 15.8 Å². The molecule has 1 aromatic heterocycles. The first kappa shape index (κ1) is 25.9. The maximum Gasteiger partial charge on any atom is 0.118 e. The van der Waals surface area contributed by atoms with Crippen LogP contribution < -0.4 is 15.1 Å². The minimum absolute atomic E-state index is 0.227. The van der Waals surface area contributed by atoms with Gasteiger partial charge in [-0.25, -0.2) is 9.37 Å². The summed E-state index contributed by atoms with van der Waals surface area (Å²) in [7, 11) is 0. The highest BCUT2D eigenvalue weighted by molar-refractivity contribution is 6.00. The third-order valence-corrected chi connectivity index (χ3v) is 10.2. The number of hydrogen-bond acceptors (Lipinski definition) is 6. The van der Waals surface area contributed by atoms with Crippen LogP contribution in [0.1, 0.15) is 54.6 Å². The number of aromatic hydroxyl groups is 1. The molecule has 4 atom stereocenters. The Hall–Kier alpha value is -3.78. The molecule has 4 fully saturated rings. The van der Waals surface area contributed by atoms with Gasteiger partial charge in [0.1, 0.15) is 17.6 Å². The van der Waals surface area contributed by atoms with Gasteiger partial charge in [-0.2, -0.15) is 0 Å². The second-order valence-corrected chi connectivity index (χ2v) is 12.8. The Morgan fingerprint density at radius 3 is 2.74 bits per heavy atom. The molecular formula is C35H36FN5O. The lowest BCUT2D eigenvalue weighted by atomic mass is 9.94. The van der Waals surface area contributed by atoms with Crippen LogP contribution in [-0.4, -0.2) is 71.5 Å². The highest BCUT2D eigenvalue weighted by Gasteiger charge is 2.47. The van der Waals surface area contributed by atoms with Gasteiger partial charge in [0.2, 0.25) is 0 Å². The predicted molar refractivity (Wildman–Crippen MR) is 165 cm³/mol. The molecule has 214 valence electrons. The van der Waals surface area contributed by atoms with E-state index in [0.29, 0.717) is 31.6 Å². The van der Waals surface area contributed by atoms with E-state index in [1.54, 1.807) is 6.07 Å². The molecule has 5 aliphatic rings. The number of pyridine rings is 1. The second-order valence-electron chi connectivity index (χ2n) is 12.8. The molecule has 0 radical (unpaired) electrons. The first-order valence-electron chi connectivity index (χ1n) is 15.4. The predicted octanol–water partition coefficient (Wildman–Crippen LogP) is 4.35. The van der Waals surface area contributed by atoms with Crippen molar-refractivity contribution in [2.45, 2.75) is 68.9 Å². The Labute approximate surface area is 246 Å². The minimum Gasteiger partial charge on any atom is -0.508 e. The second kappa shape index (κ2) is 9.90. The molecule has 6 heterocycles. The number of halogens is 1. The summed E-state index contributed by atoms with van der Waals surface area (Å²) in [6.45, 7) is 4.82. The Morgan fingerprint density at radius 2 is 1.90 bits per heavy atom. The number of nitrogens with one attached hydrogen (secondary N) is 1. The molecule has 2 bridgehead atoms. The SMILES string of the molecule is C#Cc1cccc2cc(O)cc(N3CCc4c(N5CC6CCC(C5)N6)cc(C#CC56CCCN5C[C@H](F)C6)nc4C3)c12. The van der Waals surface area contributed by atoms with Crippen molar-refractivity contribution in [3.05, 3.63) is 58.9 Å². The van der Waals surface area contributed by atoms with Crippen molar-refractivity contribution in [1.29, 1.82) is 0 Å². The van der Waals surface area contributed by atoms with Gasteiger partial charge >= 0.3 is 0 Å². The van der Waals surface area contributed by atoms with E-state index in [-0.39, 0.29) is 11.3 Å². The molecule has 42 heavy (non-hydrogen) atoms. The largest absolute Gasteiger partial charge is 0.508 e. The number of nitrogens with zero attached hydrogens (tertiary/aromatic N) is 4. The monoisotopic (exact) mass is 561 g/mol. The van der Waals surface area contributed by atoms with E-state index >= 15 is 0 Å². The summed E-state index contributed by atoms with van der Waals surface area (Å²) in [6.07, 6.45) is 10.9. The topological polar surface area (TPSA) is 54.9 Å². The molecule has 2 N–H and O–H groups in total. The normalized spacial score (nSPS) is 28.3. The van der Waals surface area contributed by atoms with E-state index in [2.05, 4.69) is 43.8 Å². The van der Waals surface area contributed by atoms with E-state index in [9.17, 15) is 9.50 Å². The number of phenols is 1. The number of terminal acetylenes is 1. The van der Waals surface area contributed by atoms with Crippen LogP contribution in [0, 0.1) is 24.2 Å². The molecule has 7 heteroatoms. The number of anilines is 2. The maximum absolute atomic E-state index is 14.5. The standard InChI is InChI=1S/C35H36FN5O/c1-2-23-5-3-6-24-15-29(42)17-33(34(23)24)39-14-10-30-31(22-39)38-26(9-12-35-11-4-13-41(35)19-25(36)18-35)16-32(30)40-20-27-7-8-28(21-40)37-27/h1,3,5-6,15-17,25,27-28,37,42H,4,7-8,10-11,13-14,18-22H2/t25-,27?,28?,35?/m1/s1. The molecule has 0 amide bonds. The zero-order valence-electron chi connectivity index (χ0n) is 23.9. The summed E-state index contributed by atoms with van der Waals surface area (Å²) in [6, 6.07) is 12.7. The number of rotatable bonds is 2. The lowest BCUT2D eigenvalue weighted by molar-refractivity contribution is 0.255. The fourth-order valence-corrected chi connectivity index (χ4v) is 8.30. The van der Waals surface area contributed by atoms with Gasteiger partial charge in [-0.3, -0.25) is 4.90 Å². The number of aromatic nitrogens is 1. The van der Waals surface area contributed by atoms with Gasteiger partial charge < -0.3 is 20.2 Å². The Bertz CT molecular complexity index is 1670. The fraction of sp³-hybridized carbons (Fsp3) is 0.457. The molecule has 2 aromatic carbocycles. The number of phenolic OH excluding ortho intramolecular Hbond substituents is 1. The zero-order valence-corrected chi connectivity index (χ0v) is 23.9. The maximum atomic E-state index is 14.5. The molecule has 0 spiro atoms. The quantitative estimate of drug-likeness (QED) is 0.454. The fourth-order valence-electron chi connectivity index (χ4n) is 8.30. The van der Waals surface area contributed by atoms with Gasteiger partial charge in [0.05, 0.1) is 17.8 Å². The highest BCUT2D eigenvalue weighted by atomic mass is 19.1. The Kier molecular flexibility index (Phi) is 6.10. The summed E-state index contributed by atoms with van der Waals surface area (Å²) in [4.78, 5) is 12.3. The van der Waals surface area contributed by atoms with Crippen LogP contribution in [0.15, 0.2) is 36.4 Å². The van der Waals surface area contributed by atoms with Gasteiger partial charge in [0, 0.05) is 78.6 Å². The Balaban J connectivity index is 1.21. The summed E-state index contributed by atoms with van der Waals surface area (Å²) in [5.41, 5.74) is 5.74. The average molecular weight is 562 g/mol.